The molecule has 0 saturated heterocycles. The number of aliphatic hydroxyl groups excluding tert-OH is 1. The van der Waals surface area contributed by atoms with E-state index < -0.39 is 35.7 Å². The minimum absolute atomic E-state index is 0.118. The summed E-state index contributed by atoms with van der Waals surface area (Å²) in [6, 6.07) is 4.05. The van der Waals surface area contributed by atoms with Crippen molar-refractivity contribution in [3.63, 3.8) is 0 Å². The second kappa shape index (κ2) is 7.23. The second-order valence-electron chi connectivity index (χ2n) is 7.66. The highest BCUT2D eigenvalue weighted by atomic mass is 19.4. The van der Waals surface area contributed by atoms with Crippen molar-refractivity contribution < 1.29 is 27.5 Å². The SMILES string of the molecule is O=C(Nc1cncc(F)c1)N1c2nc(-c3cncc(C(F)(F)F)c3)ccc2C2C[C@@H](O)C21. The minimum Gasteiger partial charge on any atom is -0.391 e. The molecular formula is C21H15F4N5O2. The van der Waals surface area contributed by atoms with Crippen molar-refractivity contribution in [3.8, 4) is 11.3 Å². The number of carbonyl (C=O) groups excluding carboxylic acids is 1. The van der Waals surface area contributed by atoms with Gasteiger partial charge in [-0.3, -0.25) is 14.9 Å². The average molecular weight is 445 g/mol. The Kier molecular flexibility index (Phi) is 4.59. The van der Waals surface area contributed by atoms with Crippen LogP contribution in [0.4, 0.5) is 33.9 Å². The zero-order valence-corrected chi connectivity index (χ0v) is 16.2. The second-order valence-corrected chi connectivity index (χ2v) is 7.66. The molecule has 164 valence electrons. The molecule has 1 aliphatic carbocycles. The monoisotopic (exact) mass is 445 g/mol. The lowest BCUT2D eigenvalue weighted by Crippen LogP contribution is -2.55. The summed E-state index contributed by atoms with van der Waals surface area (Å²) in [7, 11) is 0. The average Bonchev–Trinajstić information content (AvgIpc) is 3.01. The fourth-order valence-electron chi connectivity index (χ4n) is 4.15. The molecule has 7 nitrogen and oxygen atoms in total. The topological polar surface area (TPSA) is 91.2 Å². The van der Waals surface area contributed by atoms with Crippen LogP contribution in [0, 0.1) is 5.82 Å². The first kappa shape index (κ1) is 20.3. The van der Waals surface area contributed by atoms with Gasteiger partial charge < -0.3 is 10.4 Å². The lowest BCUT2D eigenvalue weighted by atomic mass is 9.75. The Labute approximate surface area is 178 Å². The molecule has 1 fully saturated rings. The number of carbonyl (C=O) groups is 1. The summed E-state index contributed by atoms with van der Waals surface area (Å²) in [5, 5.41) is 12.8. The number of aliphatic hydroxyl groups is 1. The van der Waals surface area contributed by atoms with Crippen molar-refractivity contribution in [2.75, 3.05) is 10.2 Å². The number of aromatic nitrogens is 3. The maximum absolute atomic E-state index is 13.4. The summed E-state index contributed by atoms with van der Waals surface area (Å²) in [5.41, 5.74) is 0.241. The molecule has 3 atom stereocenters. The van der Waals surface area contributed by atoms with E-state index in [1.54, 1.807) is 12.1 Å². The third kappa shape index (κ3) is 3.34. The zero-order chi connectivity index (χ0) is 22.6. The van der Waals surface area contributed by atoms with E-state index in [9.17, 15) is 27.5 Å². The van der Waals surface area contributed by atoms with Gasteiger partial charge in [0.2, 0.25) is 0 Å². The summed E-state index contributed by atoms with van der Waals surface area (Å²) in [5.74, 6) is -0.561. The van der Waals surface area contributed by atoms with E-state index >= 15 is 0 Å². The van der Waals surface area contributed by atoms with E-state index in [4.69, 9.17) is 0 Å². The van der Waals surface area contributed by atoms with E-state index in [1.807, 2.05) is 0 Å². The molecule has 32 heavy (non-hydrogen) atoms. The van der Waals surface area contributed by atoms with Crippen LogP contribution in [0.5, 0.6) is 0 Å². The first-order valence-corrected chi connectivity index (χ1v) is 9.65. The molecule has 0 spiro atoms. The van der Waals surface area contributed by atoms with Gasteiger partial charge in [-0.25, -0.2) is 14.2 Å². The van der Waals surface area contributed by atoms with Crippen molar-refractivity contribution in [2.45, 2.75) is 30.7 Å². The number of hydrogen-bond donors (Lipinski definition) is 2. The van der Waals surface area contributed by atoms with E-state index in [1.165, 1.54) is 17.3 Å². The standard InChI is InChI=1S/C21H15F4N5O2/c22-12-4-13(9-27-8-12)28-20(32)30-18-15(5-17(18)31)14-1-2-16(29-19(14)30)10-3-11(7-26-6-10)21(23,24)25/h1-4,6-9,15,17-18,31H,5H2,(H,28,32)/t15?,17-,18?/m1/s1. The maximum atomic E-state index is 13.4. The molecule has 2 amide bonds. The Morgan fingerprint density at radius 2 is 1.91 bits per heavy atom. The third-order valence-electron chi connectivity index (χ3n) is 5.67. The van der Waals surface area contributed by atoms with Gasteiger partial charge in [0.05, 0.1) is 41.5 Å². The molecule has 0 aromatic carbocycles. The smallest absolute Gasteiger partial charge is 0.391 e. The Morgan fingerprint density at radius 3 is 2.62 bits per heavy atom. The Balaban J connectivity index is 1.52. The molecule has 1 aliphatic heterocycles. The van der Waals surface area contributed by atoms with Gasteiger partial charge in [-0.05, 0) is 18.6 Å². The first-order valence-electron chi connectivity index (χ1n) is 9.65. The van der Waals surface area contributed by atoms with E-state index in [0.717, 1.165) is 24.5 Å². The maximum Gasteiger partial charge on any atom is 0.417 e. The summed E-state index contributed by atoms with van der Waals surface area (Å²) >= 11 is 0. The van der Waals surface area contributed by atoms with Gasteiger partial charge in [-0.2, -0.15) is 13.2 Å². The molecule has 3 aromatic heterocycles. The van der Waals surface area contributed by atoms with Crippen LogP contribution in [0.15, 0.2) is 49.1 Å². The van der Waals surface area contributed by atoms with Crippen LogP contribution in [0.3, 0.4) is 0 Å². The van der Waals surface area contributed by atoms with Gasteiger partial charge in [-0.15, -0.1) is 0 Å². The molecule has 2 aliphatic rings. The normalized spacial score (nSPS) is 21.5. The lowest BCUT2D eigenvalue weighted by molar-refractivity contribution is -0.137. The summed E-state index contributed by atoms with van der Waals surface area (Å²) in [6.45, 7) is 0. The van der Waals surface area contributed by atoms with Gasteiger partial charge >= 0.3 is 12.2 Å². The van der Waals surface area contributed by atoms with E-state index in [-0.39, 0.29) is 28.7 Å². The predicted molar refractivity (Wildman–Crippen MR) is 105 cm³/mol. The molecule has 5 rings (SSSR count). The molecule has 11 heteroatoms. The number of alkyl halides is 3. The van der Waals surface area contributed by atoms with Gasteiger partial charge in [0.1, 0.15) is 11.6 Å². The fraction of sp³-hybridized carbons (Fsp3) is 0.238. The fourth-order valence-corrected chi connectivity index (χ4v) is 4.15. The Bertz CT molecular complexity index is 1220. The van der Waals surface area contributed by atoms with Gasteiger partial charge in [0.25, 0.3) is 0 Å². The summed E-state index contributed by atoms with van der Waals surface area (Å²) in [4.78, 5) is 26.1. The quantitative estimate of drug-likeness (QED) is 0.583. The van der Waals surface area contributed by atoms with Crippen LogP contribution >= 0.6 is 0 Å². The van der Waals surface area contributed by atoms with Crippen molar-refractivity contribution in [1.29, 1.82) is 0 Å². The number of amides is 2. The number of hydrogen-bond acceptors (Lipinski definition) is 5. The van der Waals surface area contributed by atoms with Crippen molar-refractivity contribution >= 4 is 17.5 Å². The van der Waals surface area contributed by atoms with Crippen LogP contribution < -0.4 is 10.2 Å². The first-order chi connectivity index (χ1) is 15.2. The number of nitrogens with zero attached hydrogens (tertiary/aromatic N) is 4. The largest absolute Gasteiger partial charge is 0.417 e. The Morgan fingerprint density at radius 1 is 1.12 bits per heavy atom. The van der Waals surface area contributed by atoms with Crippen LogP contribution in [-0.2, 0) is 6.18 Å². The highest BCUT2D eigenvalue weighted by molar-refractivity contribution is 6.03. The summed E-state index contributed by atoms with van der Waals surface area (Å²) < 4.78 is 52.7. The molecular weight excluding hydrogens is 430 g/mol. The van der Waals surface area contributed by atoms with Gasteiger partial charge in [-0.1, -0.05) is 6.07 Å². The molecule has 4 heterocycles. The number of anilines is 2. The molecule has 3 aromatic rings. The van der Waals surface area contributed by atoms with E-state index in [0.29, 0.717) is 12.0 Å². The van der Waals surface area contributed by atoms with Gasteiger partial charge in [0.15, 0.2) is 0 Å². The van der Waals surface area contributed by atoms with Crippen LogP contribution in [-0.4, -0.2) is 38.2 Å². The van der Waals surface area contributed by atoms with Crippen LogP contribution in [0.2, 0.25) is 0 Å². The number of nitrogens with one attached hydrogen (secondary N) is 1. The predicted octanol–water partition coefficient (Wildman–Crippen LogP) is 3.97. The Hall–Kier alpha value is -3.60. The third-order valence-corrected chi connectivity index (χ3v) is 5.67. The van der Waals surface area contributed by atoms with Gasteiger partial charge in [0, 0.05) is 35.5 Å². The van der Waals surface area contributed by atoms with Crippen molar-refractivity contribution in [3.05, 3.63) is 66.0 Å². The molecule has 2 N–H and O–H groups in total. The number of pyridine rings is 3. The number of halogens is 4. The summed E-state index contributed by atoms with van der Waals surface area (Å²) in [6.07, 6.45) is -0.688. The van der Waals surface area contributed by atoms with Crippen LogP contribution in [0.1, 0.15) is 23.5 Å². The molecule has 1 saturated carbocycles. The number of fused-ring (bicyclic) bond motifs is 3. The zero-order valence-electron chi connectivity index (χ0n) is 16.2. The number of urea groups is 1. The molecule has 0 radical (unpaired) electrons. The highest BCUT2D eigenvalue weighted by Gasteiger charge is 2.54. The van der Waals surface area contributed by atoms with Crippen LogP contribution in [0.25, 0.3) is 11.3 Å². The highest BCUT2D eigenvalue weighted by Crippen LogP contribution is 2.51. The number of rotatable bonds is 2. The lowest BCUT2D eigenvalue weighted by Gasteiger charge is -2.40. The van der Waals surface area contributed by atoms with E-state index in [2.05, 4.69) is 20.3 Å². The van der Waals surface area contributed by atoms with Crippen molar-refractivity contribution in [2.24, 2.45) is 0 Å². The minimum atomic E-state index is -4.56. The molecule has 0 bridgehead atoms. The van der Waals surface area contributed by atoms with Crippen molar-refractivity contribution in [1.82, 2.24) is 15.0 Å². The molecule has 2 unspecified atom stereocenters.